The summed E-state index contributed by atoms with van der Waals surface area (Å²) < 4.78 is 48.6. The van der Waals surface area contributed by atoms with Crippen LogP contribution < -0.4 is 4.74 Å². The maximum Gasteiger partial charge on any atom is 0.424 e. The first-order chi connectivity index (χ1) is 14.7. The van der Waals surface area contributed by atoms with Gasteiger partial charge in [0.25, 0.3) is 0 Å². The molecule has 0 aliphatic rings. The lowest BCUT2D eigenvalue weighted by Crippen LogP contribution is -2.47. The molecule has 1 aromatic heterocycles. The highest BCUT2D eigenvalue weighted by Gasteiger charge is 2.56. The molecular formula is C22H15Cl2F3N2O2. The average molecular weight is 467 g/mol. The smallest absolute Gasteiger partial charge is 0.424 e. The number of benzene rings is 3. The second-order valence-electron chi connectivity index (χ2n) is 6.89. The van der Waals surface area contributed by atoms with E-state index in [1.54, 1.807) is 4.68 Å². The van der Waals surface area contributed by atoms with E-state index in [-0.39, 0.29) is 16.3 Å². The molecule has 1 N–H and O–H groups in total. The van der Waals surface area contributed by atoms with Gasteiger partial charge in [0.1, 0.15) is 12.4 Å². The standard InChI is InChI=1S/C22H15Cl2F3N2O2/c23-16-7-9-20(18(24)11-16)31-13-21(30,22(25,26)27)15-6-8-19-14(10-15)12-28-29(19)17-4-2-1-3-5-17/h1-12,30H,13H2. The van der Waals surface area contributed by atoms with E-state index in [0.29, 0.717) is 15.9 Å². The molecule has 31 heavy (non-hydrogen) atoms. The van der Waals surface area contributed by atoms with Crippen LogP contribution in [0.4, 0.5) is 13.2 Å². The molecule has 160 valence electrons. The zero-order chi connectivity index (χ0) is 22.2. The molecule has 3 aromatic carbocycles. The summed E-state index contributed by atoms with van der Waals surface area (Å²) in [5.41, 5.74) is -2.28. The van der Waals surface area contributed by atoms with Crippen LogP contribution in [0.15, 0.2) is 72.9 Å². The molecule has 4 rings (SSSR count). The minimum absolute atomic E-state index is 0.0216. The van der Waals surface area contributed by atoms with Gasteiger partial charge in [0, 0.05) is 10.4 Å². The summed E-state index contributed by atoms with van der Waals surface area (Å²) in [4.78, 5) is 0. The van der Waals surface area contributed by atoms with E-state index >= 15 is 0 Å². The Morgan fingerprint density at radius 3 is 2.39 bits per heavy atom. The topological polar surface area (TPSA) is 47.3 Å². The summed E-state index contributed by atoms with van der Waals surface area (Å²) in [6.07, 6.45) is -3.56. The number of fused-ring (bicyclic) bond motifs is 1. The molecule has 0 bridgehead atoms. The molecule has 0 radical (unpaired) electrons. The Morgan fingerprint density at radius 1 is 0.968 bits per heavy atom. The van der Waals surface area contributed by atoms with Crippen molar-refractivity contribution >= 4 is 34.1 Å². The number of aromatic nitrogens is 2. The summed E-state index contributed by atoms with van der Waals surface area (Å²) in [6.45, 7) is -1.09. The Bertz CT molecular complexity index is 1230. The predicted molar refractivity (Wildman–Crippen MR) is 113 cm³/mol. The van der Waals surface area contributed by atoms with Crippen LogP contribution in [0.2, 0.25) is 10.0 Å². The van der Waals surface area contributed by atoms with Crippen LogP contribution in [-0.2, 0) is 5.60 Å². The van der Waals surface area contributed by atoms with Gasteiger partial charge in [-0.1, -0.05) is 47.5 Å². The van der Waals surface area contributed by atoms with E-state index in [1.165, 1.54) is 42.6 Å². The van der Waals surface area contributed by atoms with Gasteiger partial charge in [0.05, 0.1) is 22.4 Å². The number of rotatable bonds is 5. The summed E-state index contributed by atoms with van der Waals surface area (Å²) >= 11 is 11.8. The minimum atomic E-state index is -5.00. The zero-order valence-corrected chi connectivity index (χ0v) is 17.3. The molecule has 4 aromatic rings. The van der Waals surface area contributed by atoms with Gasteiger partial charge in [-0.15, -0.1) is 0 Å². The number of hydrogen-bond acceptors (Lipinski definition) is 3. The Labute approximate surface area is 185 Å². The molecule has 4 nitrogen and oxygen atoms in total. The van der Waals surface area contributed by atoms with Gasteiger partial charge in [-0.3, -0.25) is 0 Å². The fraction of sp³-hybridized carbons (Fsp3) is 0.136. The van der Waals surface area contributed by atoms with Gasteiger partial charge < -0.3 is 9.84 Å². The Balaban J connectivity index is 1.70. The number of halogens is 5. The van der Waals surface area contributed by atoms with Crippen LogP contribution in [0, 0.1) is 0 Å². The molecule has 0 spiro atoms. The van der Waals surface area contributed by atoms with Crippen LogP contribution in [-0.4, -0.2) is 27.7 Å². The van der Waals surface area contributed by atoms with Gasteiger partial charge in [-0.25, -0.2) is 4.68 Å². The minimum Gasteiger partial charge on any atom is -0.488 e. The van der Waals surface area contributed by atoms with Gasteiger partial charge >= 0.3 is 6.18 Å². The molecule has 0 aliphatic carbocycles. The second-order valence-corrected chi connectivity index (χ2v) is 7.73. The van der Waals surface area contributed by atoms with Crippen LogP contribution in [0.3, 0.4) is 0 Å². The first-order valence-electron chi connectivity index (χ1n) is 9.10. The van der Waals surface area contributed by atoms with E-state index < -0.39 is 18.4 Å². The lowest BCUT2D eigenvalue weighted by atomic mass is 9.93. The molecule has 0 amide bonds. The average Bonchev–Trinajstić information content (AvgIpc) is 3.16. The monoisotopic (exact) mass is 466 g/mol. The molecule has 1 heterocycles. The SMILES string of the molecule is OC(COc1ccc(Cl)cc1Cl)(c1ccc2c(cnn2-c2ccccc2)c1)C(F)(F)F. The maximum absolute atomic E-state index is 13.9. The molecule has 9 heteroatoms. The van der Waals surface area contributed by atoms with Crippen molar-refractivity contribution in [2.45, 2.75) is 11.8 Å². The van der Waals surface area contributed by atoms with Crippen molar-refractivity contribution in [3.63, 3.8) is 0 Å². The Hall–Kier alpha value is -2.74. The van der Waals surface area contributed by atoms with Crippen molar-refractivity contribution in [1.29, 1.82) is 0 Å². The first kappa shape index (κ1) is 21.5. The summed E-state index contributed by atoms with van der Waals surface area (Å²) in [6, 6.07) is 17.2. The van der Waals surface area contributed by atoms with E-state index in [1.807, 2.05) is 30.3 Å². The molecule has 1 atom stereocenters. The number of aliphatic hydroxyl groups is 1. The van der Waals surface area contributed by atoms with Crippen molar-refractivity contribution in [2.75, 3.05) is 6.61 Å². The largest absolute Gasteiger partial charge is 0.488 e. The van der Waals surface area contributed by atoms with Crippen molar-refractivity contribution in [3.05, 3.63) is 88.5 Å². The van der Waals surface area contributed by atoms with Crippen molar-refractivity contribution in [2.24, 2.45) is 0 Å². The van der Waals surface area contributed by atoms with Gasteiger partial charge in [-0.2, -0.15) is 18.3 Å². The molecular weight excluding hydrogens is 452 g/mol. The van der Waals surface area contributed by atoms with E-state index in [9.17, 15) is 18.3 Å². The van der Waals surface area contributed by atoms with E-state index in [2.05, 4.69) is 5.10 Å². The summed E-state index contributed by atoms with van der Waals surface area (Å²) in [5, 5.41) is 15.7. The van der Waals surface area contributed by atoms with Gasteiger partial charge in [0.2, 0.25) is 5.60 Å². The van der Waals surface area contributed by atoms with Crippen LogP contribution >= 0.6 is 23.2 Å². The third-order valence-electron chi connectivity index (χ3n) is 4.85. The highest BCUT2D eigenvalue weighted by atomic mass is 35.5. The number of alkyl halides is 3. The summed E-state index contributed by atoms with van der Waals surface area (Å²) in [7, 11) is 0. The normalized spacial score (nSPS) is 13.9. The quantitative estimate of drug-likeness (QED) is 0.383. The maximum atomic E-state index is 13.9. The fourth-order valence-electron chi connectivity index (χ4n) is 3.17. The Morgan fingerprint density at radius 2 is 1.71 bits per heavy atom. The fourth-order valence-corrected chi connectivity index (χ4v) is 3.63. The van der Waals surface area contributed by atoms with Crippen LogP contribution in [0.1, 0.15) is 5.56 Å². The third-order valence-corrected chi connectivity index (χ3v) is 5.38. The third kappa shape index (κ3) is 4.08. The lowest BCUT2D eigenvalue weighted by Gasteiger charge is -2.31. The molecule has 0 aliphatic heterocycles. The molecule has 1 unspecified atom stereocenters. The van der Waals surface area contributed by atoms with E-state index in [0.717, 1.165) is 5.69 Å². The molecule has 0 fully saturated rings. The van der Waals surface area contributed by atoms with Gasteiger partial charge in [-0.05, 0) is 48.0 Å². The van der Waals surface area contributed by atoms with Gasteiger partial charge in [0.15, 0.2) is 0 Å². The predicted octanol–water partition coefficient (Wildman–Crippen LogP) is 6.16. The van der Waals surface area contributed by atoms with Crippen molar-refractivity contribution < 1.29 is 23.0 Å². The highest BCUT2D eigenvalue weighted by Crippen LogP contribution is 2.41. The number of para-hydroxylation sites is 1. The Kier molecular flexibility index (Phi) is 5.60. The number of ether oxygens (including phenoxy) is 1. The first-order valence-corrected chi connectivity index (χ1v) is 9.85. The molecule has 0 saturated heterocycles. The van der Waals surface area contributed by atoms with Crippen LogP contribution in [0.5, 0.6) is 5.75 Å². The lowest BCUT2D eigenvalue weighted by molar-refractivity contribution is -0.275. The molecule has 0 saturated carbocycles. The zero-order valence-electron chi connectivity index (χ0n) is 15.8. The van der Waals surface area contributed by atoms with Crippen molar-refractivity contribution in [1.82, 2.24) is 9.78 Å². The highest BCUT2D eigenvalue weighted by molar-refractivity contribution is 6.35. The summed E-state index contributed by atoms with van der Waals surface area (Å²) in [5.74, 6) is -0.0216. The number of hydrogen-bond donors (Lipinski definition) is 1. The van der Waals surface area contributed by atoms with Crippen molar-refractivity contribution in [3.8, 4) is 11.4 Å². The number of nitrogens with zero attached hydrogens (tertiary/aromatic N) is 2. The van der Waals surface area contributed by atoms with Crippen LogP contribution in [0.25, 0.3) is 16.6 Å². The second kappa shape index (κ2) is 8.07. The van der Waals surface area contributed by atoms with E-state index in [4.69, 9.17) is 27.9 Å².